The lowest BCUT2D eigenvalue weighted by molar-refractivity contribution is 0.135. The fraction of sp³-hybridized carbons (Fsp3) is 0.538. The third-order valence-corrected chi connectivity index (χ3v) is 2.69. The monoisotopic (exact) mass is 225 g/mol. The van der Waals surface area contributed by atoms with Gasteiger partial charge in [-0.25, -0.2) is 4.39 Å². The molecule has 0 fully saturated rings. The van der Waals surface area contributed by atoms with Gasteiger partial charge in [0, 0.05) is 6.04 Å². The van der Waals surface area contributed by atoms with Crippen molar-refractivity contribution in [2.24, 2.45) is 11.7 Å². The molecular formula is C13H20FNO. The van der Waals surface area contributed by atoms with Crippen LogP contribution in [-0.4, -0.2) is 11.1 Å². The molecule has 0 amide bonds. The molecule has 16 heavy (non-hydrogen) atoms. The fourth-order valence-corrected chi connectivity index (χ4v) is 1.71. The van der Waals surface area contributed by atoms with Crippen molar-refractivity contribution in [1.29, 1.82) is 0 Å². The van der Waals surface area contributed by atoms with E-state index in [9.17, 15) is 9.50 Å². The van der Waals surface area contributed by atoms with Crippen molar-refractivity contribution in [1.82, 2.24) is 0 Å². The summed E-state index contributed by atoms with van der Waals surface area (Å²) < 4.78 is 13.3. The fourth-order valence-electron chi connectivity index (χ4n) is 1.71. The highest BCUT2D eigenvalue weighted by Gasteiger charge is 2.18. The van der Waals surface area contributed by atoms with Crippen molar-refractivity contribution in [2.45, 2.75) is 39.3 Å². The molecule has 2 unspecified atom stereocenters. The number of aliphatic hydroxyl groups excluding tert-OH is 1. The number of halogens is 1. The Bertz CT molecular complexity index is 352. The Morgan fingerprint density at radius 2 is 2.00 bits per heavy atom. The Hall–Kier alpha value is -0.930. The minimum absolute atomic E-state index is 0.298. The second-order valence-corrected chi connectivity index (χ2v) is 4.75. The smallest absolute Gasteiger partial charge is 0.126 e. The van der Waals surface area contributed by atoms with Gasteiger partial charge in [-0.05, 0) is 36.5 Å². The van der Waals surface area contributed by atoms with Crippen molar-refractivity contribution < 1.29 is 9.50 Å². The standard InChI is InChI=1S/C13H20FNO/c1-8(2)6-12(15)13(16)10-5-4-9(3)11(14)7-10/h4-5,7-8,12-13,16H,6,15H2,1-3H3. The predicted molar refractivity (Wildman–Crippen MR) is 63.5 cm³/mol. The molecule has 0 aromatic heterocycles. The van der Waals surface area contributed by atoms with Crippen LogP contribution in [0.25, 0.3) is 0 Å². The van der Waals surface area contributed by atoms with E-state index in [1.54, 1.807) is 19.1 Å². The SMILES string of the molecule is Cc1ccc(C(O)C(N)CC(C)C)cc1F. The highest BCUT2D eigenvalue weighted by atomic mass is 19.1. The number of nitrogens with two attached hydrogens (primary N) is 1. The maximum absolute atomic E-state index is 13.3. The van der Waals surface area contributed by atoms with Gasteiger partial charge in [-0.2, -0.15) is 0 Å². The molecule has 0 saturated carbocycles. The minimum atomic E-state index is -0.794. The molecule has 0 heterocycles. The average Bonchev–Trinajstić information content (AvgIpc) is 2.20. The van der Waals surface area contributed by atoms with E-state index in [2.05, 4.69) is 0 Å². The lowest BCUT2D eigenvalue weighted by Gasteiger charge is -2.21. The molecule has 0 aliphatic carbocycles. The molecular weight excluding hydrogens is 205 g/mol. The van der Waals surface area contributed by atoms with Gasteiger partial charge in [0.15, 0.2) is 0 Å². The minimum Gasteiger partial charge on any atom is -0.387 e. The summed E-state index contributed by atoms with van der Waals surface area (Å²) in [6.07, 6.45) is -0.0751. The molecule has 0 radical (unpaired) electrons. The quantitative estimate of drug-likeness (QED) is 0.827. The van der Waals surface area contributed by atoms with E-state index in [1.807, 2.05) is 13.8 Å². The summed E-state index contributed by atoms with van der Waals surface area (Å²) in [6, 6.07) is 4.40. The lowest BCUT2D eigenvalue weighted by atomic mass is 9.95. The Morgan fingerprint density at radius 1 is 1.38 bits per heavy atom. The Balaban J connectivity index is 2.79. The summed E-state index contributed by atoms with van der Waals surface area (Å²) in [7, 11) is 0. The molecule has 90 valence electrons. The van der Waals surface area contributed by atoms with Crippen molar-refractivity contribution in [3.8, 4) is 0 Å². The second kappa shape index (κ2) is 5.41. The van der Waals surface area contributed by atoms with Crippen LogP contribution in [0.5, 0.6) is 0 Å². The molecule has 0 bridgehead atoms. The Labute approximate surface area is 96.3 Å². The van der Waals surface area contributed by atoms with Gasteiger partial charge in [-0.15, -0.1) is 0 Å². The van der Waals surface area contributed by atoms with Crippen LogP contribution in [-0.2, 0) is 0 Å². The van der Waals surface area contributed by atoms with E-state index in [4.69, 9.17) is 5.73 Å². The molecule has 1 rings (SSSR count). The van der Waals surface area contributed by atoms with E-state index < -0.39 is 6.10 Å². The molecule has 1 aromatic carbocycles. The van der Waals surface area contributed by atoms with Crippen LogP contribution < -0.4 is 5.73 Å². The van der Waals surface area contributed by atoms with Gasteiger partial charge < -0.3 is 10.8 Å². The number of aliphatic hydroxyl groups is 1. The maximum Gasteiger partial charge on any atom is 0.126 e. The molecule has 0 spiro atoms. The van der Waals surface area contributed by atoms with Gasteiger partial charge in [-0.3, -0.25) is 0 Å². The highest BCUT2D eigenvalue weighted by molar-refractivity contribution is 5.25. The van der Waals surface area contributed by atoms with Crippen LogP contribution in [0.4, 0.5) is 4.39 Å². The number of aryl methyl sites for hydroxylation is 1. The third-order valence-electron chi connectivity index (χ3n) is 2.69. The topological polar surface area (TPSA) is 46.2 Å². The zero-order valence-electron chi connectivity index (χ0n) is 10.1. The van der Waals surface area contributed by atoms with Crippen LogP contribution in [0.15, 0.2) is 18.2 Å². The van der Waals surface area contributed by atoms with E-state index in [0.717, 1.165) is 6.42 Å². The van der Waals surface area contributed by atoms with E-state index in [-0.39, 0.29) is 11.9 Å². The van der Waals surface area contributed by atoms with Crippen LogP contribution in [0, 0.1) is 18.7 Å². The first kappa shape index (κ1) is 13.1. The molecule has 3 N–H and O–H groups in total. The summed E-state index contributed by atoms with van der Waals surface area (Å²) in [5.41, 5.74) is 7.00. The summed E-state index contributed by atoms with van der Waals surface area (Å²) in [5.74, 6) is 0.119. The molecule has 3 heteroatoms. The van der Waals surface area contributed by atoms with Crippen LogP contribution >= 0.6 is 0 Å². The molecule has 1 aromatic rings. The summed E-state index contributed by atoms with van der Waals surface area (Å²) in [4.78, 5) is 0. The third kappa shape index (κ3) is 3.29. The normalized spacial score (nSPS) is 15.2. The van der Waals surface area contributed by atoms with E-state index in [1.165, 1.54) is 6.07 Å². The summed E-state index contributed by atoms with van der Waals surface area (Å²) in [6.45, 7) is 5.78. The zero-order chi connectivity index (χ0) is 12.3. The van der Waals surface area contributed by atoms with Crippen molar-refractivity contribution in [3.63, 3.8) is 0 Å². The van der Waals surface area contributed by atoms with E-state index in [0.29, 0.717) is 17.0 Å². The van der Waals surface area contributed by atoms with Crippen LogP contribution in [0.3, 0.4) is 0 Å². The largest absolute Gasteiger partial charge is 0.387 e. The van der Waals surface area contributed by atoms with Gasteiger partial charge in [-0.1, -0.05) is 26.0 Å². The molecule has 2 atom stereocenters. The number of rotatable bonds is 4. The van der Waals surface area contributed by atoms with Gasteiger partial charge in [0.05, 0.1) is 6.10 Å². The first-order valence-corrected chi connectivity index (χ1v) is 5.61. The lowest BCUT2D eigenvalue weighted by Crippen LogP contribution is -2.29. The number of hydrogen-bond acceptors (Lipinski definition) is 2. The van der Waals surface area contributed by atoms with Crippen LogP contribution in [0.1, 0.15) is 37.5 Å². The summed E-state index contributed by atoms with van der Waals surface area (Å²) >= 11 is 0. The van der Waals surface area contributed by atoms with Crippen LogP contribution in [0.2, 0.25) is 0 Å². The van der Waals surface area contributed by atoms with Gasteiger partial charge in [0.2, 0.25) is 0 Å². The first-order valence-electron chi connectivity index (χ1n) is 5.61. The molecule has 0 aliphatic rings. The van der Waals surface area contributed by atoms with Crippen molar-refractivity contribution >= 4 is 0 Å². The van der Waals surface area contributed by atoms with Gasteiger partial charge >= 0.3 is 0 Å². The number of hydrogen-bond donors (Lipinski definition) is 2. The molecule has 0 aliphatic heterocycles. The molecule has 0 saturated heterocycles. The Kier molecular flexibility index (Phi) is 4.44. The zero-order valence-corrected chi connectivity index (χ0v) is 10.1. The van der Waals surface area contributed by atoms with Crippen molar-refractivity contribution in [3.05, 3.63) is 35.1 Å². The molecule has 2 nitrogen and oxygen atoms in total. The van der Waals surface area contributed by atoms with Gasteiger partial charge in [0.1, 0.15) is 5.82 Å². The van der Waals surface area contributed by atoms with Crippen molar-refractivity contribution in [2.75, 3.05) is 0 Å². The average molecular weight is 225 g/mol. The summed E-state index contributed by atoms with van der Waals surface area (Å²) in [5, 5.41) is 9.96. The second-order valence-electron chi connectivity index (χ2n) is 4.75. The van der Waals surface area contributed by atoms with Gasteiger partial charge in [0.25, 0.3) is 0 Å². The Morgan fingerprint density at radius 3 is 2.50 bits per heavy atom. The number of benzene rings is 1. The highest BCUT2D eigenvalue weighted by Crippen LogP contribution is 2.21. The maximum atomic E-state index is 13.3. The van der Waals surface area contributed by atoms with E-state index >= 15 is 0 Å². The first-order chi connectivity index (χ1) is 7.41. The predicted octanol–water partition coefficient (Wildman–Crippen LogP) is 2.54.